The van der Waals surface area contributed by atoms with Crippen molar-refractivity contribution in [3.8, 4) is 22.6 Å². The van der Waals surface area contributed by atoms with Crippen LogP contribution < -0.4 is 5.32 Å². The zero-order valence-electron chi connectivity index (χ0n) is 24.5. The number of rotatable bonds is 10. The lowest BCUT2D eigenvalue weighted by molar-refractivity contribution is -0.145. The first-order valence-corrected chi connectivity index (χ1v) is 15.0. The molecule has 1 N–H and O–H groups in total. The lowest BCUT2D eigenvalue weighted by Crippen LogP contribution is -2.28. The molecule has 224 valence electrons. The Balaban J connectivity index is 0.898. The minimum Gasteiger partial charge on any atom is -0.457 e. The Hall–Kier alpha value is -5.63. The van der Waals surface area contributed by atoms with Crippen molar-refractivity contribution < 1.29 is 23.5 Å². The highest BCUT2D eigenvalue weighted by Gasteiger charge is 2.29. The van der Waals surface area contributed by atoms with E-state index in [4.69, 9.17) is 19.0 Å². The third-order valence-corrected chi connectivity index (χ3v) is 8.05. The number of nitrogens with zero attached hydrogens (tertiary/aromatic N) is 2. The number of hydrogen-bond donors (Lipinski definition) is 1. The van der Waals surface area contributed by atoms with Gasteiger partial charge in [0.25, 0.3) is 0 Å². The van der Waals surface area contributed by atoms with Gasteiger partial charge >= 0.3 is 12.1 Å². The van der Waals surface area contributed by atoms with E-state index in [1.807, 2.05) is 77.5 Å². The van der Waals surface area contributed by atoms with Crippen LogP contribution in [0.5, 0.6) is 0 Å². The molecule has 0 saturated carbocycles. The summed E-state index contributed by atoms with van der Waals surface area (Å²) >= 11 is 0. The van der Waals surface area contributed by atoms with E-state index in [-0.39, 0.29) is 32.1 Å². The maximum absolute atomic E-state index is 12.4. The molecule has 4 aromatic carbocycles. The van der Waals surface area contributed by atoms with E-state index in [2.05, 4.69) is 41.7 Å². The molecule has 0 bridgehead atoms. The van der Waals surface area contributed by atoms with Gasteiger partial charge in [0.1, 0.15) is 24.7 Å². The molecule has 0 fully saturated rings. The molecule has 1 amide bonds. The van der Waals surface area contributed by atoms with E-state index in [1.54, 1.807) is 6.07 Å². The maximum Gasteiger partial charge on any atom is 0.407 e. The minimum atomic E-state index is -0.570. The van der Waals surface area contributed by atoms with E-state index in [0.717, 1.165) is 33.3 Å². The first-order chi connectivity index (χ1) is 22.1. The fraction of sp³-hybridized carbons (Fsp3) is 0.162. The number of fused-ring (bicyclic) bond motifs is 4. The van der Waals surface area contributed by atoms with Crippen molar-refractivity contribution in [2.24, 2.45) is 0 Å². The molecule has 1 aliphatic carbocycles. The van der Waals surface area contributed by atoms with Gasteiger partial charge < -0.3 is 19.2 Å². The fourth-order valence-corrected chi connectivity index (χ4v) is 5.91. The van der Waals surface area contributed by atoms with Crippen LogP contribution in [-0.2, 0) is 27.4 Å². The zero-order valence-corrected chi connectivity index (χ0v) is 24.5. The Morgan fingerprint density at radius 3 is 2.24 bits per heavy atom. The third kappa shape index (κ3) is 5.95. The van der Waals surface area contributed by atoms with Crippen molar-refractivity contribution in [3.05, 3.63) is 138 Å². The molecule has 8 nitrogen and oxygen atoms in total. The van der Waals surface area contributed by atoms with Crippen LogP contribution >= 0.6 is 0 Å². The number of carbonyl (C=O) groups is 2. The number of ether oxygens (including phenoxy) is 2. The number of hydrogen-bond acceptors (Lipinski definition) is 6. The second kappa shape index (κ2) is 12.5. The Bertz CT molecular complexity index is 1930. The van der Waals surface area contributed by atoms with Gasteiger partial charge in [-0.1, -0.05) is 97.1 Å². The highest BCUT2D eigenvalue weighted by Crippen LogP contribution is 2.44. The number of furan rings is 1. The maximum atomic E-state index is 12.4. The average Bonchev–Trinajstić information content (AvgIpc) is 3.78. The summed E-state index contributed by atoms with van der Waals surface area (Å²) in [6, 6.07) is 38.1. The predicted octanol–water partition coefficient (Wildman–Crippen LogP) is 7.32. The number of para-hydroxylation sites is 1. The minimum absolute atomic E-state index is 0.00624. The Morgan fingerprint density at radius 1 is 0.778 bits per heavy atom. The molecule has 0 spiro atoms. The molecule has 1 aliphatic rings. The van der Waals surface area contributed by atoms with Crippen LogP contribution in [0.2, 0.25) is 0 Å². The molecule has 2 heterocycles. The summed E-state index contributed by atoms with van der Waals surface area (Å²) in [7, 11) is 0. The topological polar surface area (TPSA) is 95.6 Å². The first-order valence-electron chi connectivity index (χ1n) is 15.0. The van der Waals surface area contributed by atoms with Crippen molar-refractivity contribution in [2.75, 3.05) is 13.2 Å². The number of carbonyl (C=O) groups excluding carboxylic acids is 2. The SMILES string of the molecule is O=C(CCNC(=O)OCC1c2ccccc2-c2ccccc21)OCc1ccc(-c2nn(Cc3ccccc3)c3ccccc23)o1. The Morgan fingerprint density at radius 2 is 1.47 bits per heavy atom. The van der Waals surface area contributed by atoms with E-state index in [0.29, 0.717) is 18.1 Å². The van der Waals surface area contributed by atoms with Crippen LogP contribution in [0.15, 0.2) is 120 Å². The second-order valence-corrected chi connectivity index (χ2v) is 10.9. The average molecular weight is 598 g/mol. The van der Waals surface area contributed by atoms with Gasteiger partial charge in [-0.05, 0) is 46.0 Å². The third-order valence-electron chi connectivity index (χ3n) is 8.05. The summed E-state index contributed by atoms with van der Waals surface area (Å²) in [5.41, 5.74) is 7.50. The number of alkyl carbamates (subject to hydrolysis) is 1. The Labute approximate surface area is 260 Å². The molecular weight excluding hydrogens is 566 g/mol. The summed E-state index contributed by atoms with van der Waals surface area (Å²) in [5.74, 6) is 0.622. The number of aromatic nitrogens is 2. The number of esters is 1. The molecule has 6 aromatic rings. The molecule has 0 unspecified atom stereocenters. The quantitative estimate of drug-likeness (QED) is 0.166. The molecule has 45 heavy (non-hydrogen) atoms. The Kier molecular flexibility index (Phi) is 7.85. The van der Waals surface area contributed by atoms with E-state index in [1.165, 1.54) is 11.1 Å². The number of nitrogens with one attached hydrogen (secondary N) is 1. The smallest absolute Gasteiger partial charge is 0.407 e. The zero-order chi connectivity index (χ0) is 30.6. The van der Waals surface area contributed by atoms with Crippen LogP contribution in [0.25, 0.3) is 33.5 Å². The summed E-state index contributed by atoms with van der Waals surface area (Å²) in [5, 5.41) is 8.47. The standard InChI is InChI=1S/C37H31N3O5/c41-35(20-21-38-37(42)44-24-32-29-14-6-4-12-27(29)28-13-5-7-15-30(28)32)43-23-26-18-19-34(45-26)36-31-16-8-9-17-33(31)40(39-36)22-25-10-2-1-3-11-25/h1-19,32H,20-24H2,(H,38,42). The van der Waals surface area contributed by atoms with Gasteiger partial charge in [-0.3, -0.25) is 9.48 Å². The van der Waals surface area contributed by atoms with Gasteiger partial charge in [-0.25, -0.2) is 4.79 Å². The van der Waals surface area contributed by atoms with Crippen LogP contribution in [0, 0.1) is 0 Å². The largest absolute Gasteiger partial charge is 0.457 e. The van der Waals surface area contributed by atoms with Crippen LogP contribution in [0.3, 0.4) is 0 Å². The van der Waals surface area contributed by atoms with Crippen molar-refractivity contribution >= 4 is 23.0 Å². The van der Waals surface area contributed by atoms with E-state index in [9.17, 15) is 9.59 Å². The second-order valence-electron chi connectivity index (χ2n) is 10.9. The van der Waals surface area contributed by atoms with Crippen LogP contribution in [-0.4, -0.2) is 35.0 Å². The predicted molar refractivity (Wildman–Crippen MR) is 170 cm³/mol. The molecular formula is C37H31N3O5. The monoisotopic (exact) mass is 597 g/mol. The highest BCUT2D eigenvalue weighted by atomic mass is 16.6. The molecule has 0 radical (unpaired) electrons. The molecule has 0 aliphatic heterocycles. The molecule has 7 rings (SSSR count). The van der Waals surface area contributed by atoms with E-state index < -0.39 is 12.1 Å². The molecule has 0 saturated heterocycles. The van der Waals surface area contributed by atoms with Gasteiger partial charge in [-0.15, -0.1) is 0 Å². The first kappa shape index (κ1) is 28.2. The number of amides is 1. The molecule has 2 aromatic heterocycles. The number of benzene rings is 4. The summed E-state index contributed by atoms with van der Waals surface area (Å²) < 4.78 is 18.9. The van der Waals surface area contributed by atoms with Gasteiger partial charge in [0, 0.05) is 17.8 Å². The van der Waals surface area contributed by atoms with Crippen LogP contribution in [0.1, 0.15) is 34.8 Å². The normalized spacial score (nSPS) is 12.1. The lowest BCUT2D eigenvalue weighted by Gasteiger charge is -2.14. The van der Waals surface area contributed by atoms with Crippen molar-refractivity contribution in [3.63, 3.8) is 0 Å². The summed E-state index contributed by atoms with van der Waals surface area (Å²) in [6.07, 6.45) is -0.564. The van der Waals surface area contributed by atoms with Crippen molar-refractivity contribution in [1.29, 1.82) is 0 Å². The van der Waals surface area contributed by atoms with Gasteiger partial charge in [0.2, 0.25) is 0 Å². The van der Waals surface area contributed by atoms with Gasteiger partial charge in [0.05, 0.1) is 18.5 Å². The summed E-state index contributed by atoms with van der Waals surface area (Å²) in [4.78, 5) is 24.8. The lowest BCUT2D eigenvalue weighted by atomic mass is 9.98. The fourth-order valence-electron chi connectivity index (χ4n) is 5.91. The molecule has 8 heteroatoms. The van der Waals surface area contributed by atoms with E-state index >= 15 is 0 Å². The van der Waals surface area contributed by atoms with Gasteiger partial charge in [0.15, 0.2) is 5.76 Å². The van der Waals surface area contributed by atoms with Gasteiger partial charge in [-0.2, -0.15) is 5.10 Å². The van der Waals surface area contributed by atoms with Crippen molar-refractivity contribution in [2.45, 2.75) is 25.5 Å². The summed E-state index contributed by atoms with van der Waals surface area (Å²) in [6.45, 7) is 0.928. The highest BCUT2D eigenvalue weighted by molar-refractivity contribution is 5.92. The van der Waals surface area contributed by atoms with Crippen molar-refractivity contribution in [1.82, 2.24) is 15.1 Å². The molecule has 0 atom stereocenters. The van der Waals surface area contributed by atoms with Crippen LogP contribution in [0.4, 0.5) is 4.79 Å².